The van der Waals surface area contributed by atoms with Crippen molar-refractivity contribution in [1.29, 1.82) is 0 Å². The Bertz CT molecular complexity index is 1070. The highest BCUT2D eigenvalue weighted by molar-refractivity contribution is 7.89. The van der Waals surface area contributed by atoms with Crippen LogP contribution in [0.15, 0.2) is 57.8 Å². The molecule has 1 atom stereocenters. The summed E-state index contributed by atoms with van der Waals surface area (Å²) in [7, 11) is 1.57. The van der Waals surface area contributed by atoms with Crippen LogP contribution in [-0.4, -0.2) is 38.4 Å². The van der Waals surface area contributed by atoms with Crippen LogP contribution in [0.1, 0.15) is 5.56 Å². The summed E-state index contributed by atoms with van der Waals surface area (Å²) in [6, 6.07) is 15.0. The van der Waals surface area contributed by atoms with Crippen molar-refractivity contribution in [1.82, 2.24) is 8.87 Å². The Hall–Kier alpha value is -2.00. The van der Waals surface area contributed by atoms with Crippen molar-refractivity contribution in [3.05, 3.63) is 58.9 Å². The Balaban J connectivity index is 1.95. The normalized spacial score (nSPS) is 13.4. The minimum Gasteiger partial charge on any atom is -0.429 e. The van der Waals surface area contributed by atoms with Crippen molar-refractivity contribution >= 4 is 33.3 Å². The van der Waals surface area contributed by atoms with Gasteiger partial charge in [-0.3, -0.25) is 4.57 Å². The van der Waals surface area contributed by atoms with Gasteiger partial charge in [-0.2, -0.15) is 0 Å². The fourth-order valence-electron chi connectivity index (χ4n) is 2.83. The van der Waals surface area contributed by atoms with Gasteiger partial charge in [-0.15, -0.1) is 0 Å². The zero-order valence-electron chi connectivity index (χ0n) is 15.0. The molecule has 0 fully saturated rings. The van der Waals surface area contributed by atoms with Crippen molar-refractivity contribution in [3.63, 3.8) is 0 Å². The number of quaternary nitrogens is 1. The molecule has 0 aliphatic carbocycles. The van der Waals surface area contributed by atoms with E-state index in [2.05, 4.69) is 19.2 Å². The lowest BCUT2D eigenvalue weighted by Gasteiger charge is -2.15. The van der Waals surface area contributed by atoms with E-state index in [0.717, 1.165) is 6.54 Å². The molecule has 6 nitrogen and oxygen atoms in total. The number of rotatable bonds is 6. The number of nitrogens with one attached hydrogen (secondary N) is 1. The van der Waals surface area contributed by atoms with Crippen molar-refractivity contribution in [2.45, 2.75) is 18.1 Å². The van der Waals surface area contributed by atoms with Gasteiger partial charge in [0.15, 0.2) is 12.3 Å². The van der Waals surface area contributed by atoms with E-state index in [-0.39, 0.29) is 4.90 Å². The van der Waals surface area contributed by atoms with Crippen LogP contribution in [0.5, 0.6) is 0 Å². The van der Waals surface area contributed by atoms with Gasteiger partial charge in [0.1, 0.15) is 6.54 Å². The number of aromatic nitrogens is 1. The largest absolute Gasteiger partial charge is 0.429 e. The van der Waals surface area contributed by atoms with Gasteiger partial charge in [-0.1, -0.05) is 30.3 Å². The lowest BCUT2D eigenvalue weighted by atomic mass is 10.2. The summed E-state index contributed by atoms with van der Waals surface area (Å²) in [4.78, 5) is 1.77. The molecule has 0 spiro atoms. The topological polar surface area (TPSA) is 59.9 Å². The van der Waals surface area contributed by atoms with Crippen LogP contribution in [0.2, 0.25) is 0 Å². The second-order valence-electron chi connectivity index (χ2n) is 6.49. The van der Waals surface area contributed by atoms with Gasteiger partial charge in [0.25, 0.3) is 4.84 Å². The number of hydrogen-bond acceptors (Lipinski definition) is 4. The first-order chi connectivity index (χ1) is 12.3. The fourth-order valence-corrected chi connectivity index (χ4v) is 4.01. The molecule has 0 saturated carbocycles. The molecular formula is C18H22N3O3S2+. The van der Waals surface area contributed by atoms with Gasteiger partial charge < -0.3 is 9.32 Å². The highest BCUT2D eigenvalue weighted by atomic mass is 32.2. The quantitative estimate of drug-likeness (QED) is 0.651. The molecule has 138 valence electrons. The number of fused-ring (bicyclic) bond motifs is 1. The zero-order valence-corrected chi connectivity index (χ0v) is 16.6. The third-order valence-corrected chi connectivity index (χ3v) is 6.31. The molecule has 3 aromatic rings. The van der Waals surface area contributed by atoms with Crippen molar-refractivity contribution in [2.75, 3.05) is 21.1 Å². The number of hydrogen-bond donors (Lipinski definition) is 1. The summed E-state index contributed by atoms with van der Waals surface area (Å²) >= 11 is 5.35. The van der Waals surface area contributed by atoms with Crippen LogP contribution in [0.3, 0.4) is 0 Å². The second kappa shape index (κ2) is 7.32. The lowest BCUT2D eigenvalue weighted by Crippen LogP contribution is -3.06. The lowest BCUT2D eigenvalue weighted by molar-refractivity contribution is -0.916. The average molecular weight is 393 g/mol. The third-order valence-electron chi connectivity index (χ3n) is 4.19. The SMILES string of the molecule is CN(C)S(=O)(=O)c1ccc2oc(=S)n(C[NH+](C)Cc3ccccc3)c2c1. The smallest absolute Gasteiger partial charge is 0.274 e. The first kappa shape index (κ1) is 18.8. The van der Waals surface area contributed by atoms with Gasteiger partial charge in [0.05, 0.1) is 17.5 Å². The van der Waals surface area contributed by atoms with E-state index in [1.807, 2.05) is 22.8 Å². The maximum absolute atomic E-state index is 12.4. The summed E-state index contributed by atoms with van der Waals surface area (Å²) < 4.78 is 33.5. The summed E-state index contributed by atoms with van der Waals surface area (Å²) in [6.45, 7) is 1.40. The van der Waals surface area contributed by atoms with Crippen molar-refractivity contribution in [3.8, 4) is 0 Å². The molecule has 1 aromatic heterocycles. The van der Waals surface area contributed by atoms with E-state index in [4.69, 9.17) is 16.6 Å². The Morgan fingerprint density at radius 2 is 1.85 bits per heavy atom. The molecule has 0 amide bonds. The molecule has 0 aliphatic heterocycles. The first-order valence-electron chi connectivity index (χ1n) is 8.20. The fraction of sp³-hybridized carbons (Fsp3) is 0.278. The summed E-state index contributed by atoms with van der Waals surface area (Å²) in [5.41, 5.74) is 2.49. The maximum Gasteiger partial charge on any atom is 0.274 e. The van der Waals surface area contributed by atoms with Crippen LogP contribution in [0, 0.1) is 4.84 Å². The minimum absolute atomic E-state index is 0.222. The molecule has 0 saturated heterocycles. The van der Waals surface area contributed by atoms with Crippen LogP contribution in [0.25, 0.3) is 11.1 Å². The summed E-state index contributed by atoms with van der Waals surface area (Å²) in [6.07, 6.45) is 0. The van der Waals surface area contributed by atoms with Crippen LogP contribution in [0.4, 0.5) is 0 Å². The van der Waals surface area contributed by atoms with E-state index >= 15 is 0 Å². The molecule has 0 bridgehead atoms. The minimum atomic E-state index is -3.52. The third kappa shape index (κ3) is 3.73. The standard InChI is InChI=1S/C18H21N3O3S2/c1-19(2)26(22,23)15-9-10-17-16(11-15)21(18(25)24-17)13-20(3)12-14-7-5-4-6-8-14/h4-11H,12-13H2,1-3H3/p+1. The number of nitrogens with zero attached hydrogens (tertiary/aromatic N) is 2. The van der Waals surface area contributed by atoms with Crippen molar-refractivity contribution < 1.29 is 17.7 Å². The van der Waals surface area contributed by atoms with E-state index < -0.39 is 10.0 Å². The highest BCUT2D eigenvalue weighted by Gasteiger charge is 2.20. The van der Waals surface area contributed by atoms with Gasteiger partial charge in [0, 0.05) is 19.7 Å². The van der Waals surface area contributed by atoms with E-state index in [0.29, 0.717) is 22.6 Å². The molecule has 8 heteroatoms. The molecule has 2 aromatic carbocycles. The van der Waals surface area contributed by atoms with Gasteiger partial charge in [0.2, 0.25) is 10.0 Å². The molecule has 26 heavy (non-hydrogen) atoms. The highest BCUT2D eigenvalue weighted by Crippen LogP contribution is 2.22. The summed E-state index contributed by atoms with van der Waals surface area (Å²) in [5.74, 6) is 0. The van der Waals surface area contributed by atoms with E-state index in [9.17, 15) is 8.42 Å². The Kier molecular flexibility index (Phi) is 5.29. The summed E-state index contributed by atoms with van der Waals surface area (Å²) in [5, 5.41) is 0. The van der Waals surface area contributed by atoms with Gasteiger partial charge >= 0.3 is 0 Å². The molecule has 0 aliphatic rings. The maximum atomic E-state index is 12.4. The molecule has 0 radical (unpaired) electrons. The molecule has 3 rings (SSSR count). The monoisotopic (exact) mass is 392 g/mol. The van der Waals surface area contributed by atoms with Crippen LogP contribution < -0.4 is 4.90 Å². The number of sulfonamides is 1. The van der Waals surface area contributed by atoms with Crippen molar-refractivity contribution in [2.24, 2.45) is 0 Å². The predicted molar refractivity (Wildman–Crippen MR) is 103 cm³/mol. The molecule has 1 N–H and O–H groups in total. The average Bonchev–Trinajstić information content (AvgIpc) is 2.90. The van der Waals surface area contributed by atoms with Crippen LogP contribution >= 0.6 is 12.2 Å². The Morgan fingerprint density at radius 1 is 1.15 bits per heavy atom. The first-order valence-corrected chi connectivity index (χ1v) is 10.0. The molecular weight excluding hydrogens is 370 g/mol. The molecule has 1 heterocycles. The molecule has 1 unspecified atom stereocenters. The number of benzene rings is 2. The van der Waals surface area contributed by atoms with E-state index in [1.54, 1.807) is 18.2 Å². The van der Waals surface area contributed by atoms with Gasteiger partial charge in [-0.05, 0) is 30.4 Å². The van der Waals surface area contributed by atoms with E-state index in [1.165, 1.54) is 28.9 Å². The number of oxazole rings is 1. The Morgan fingerprint density at radius 3 is 2.50 bits per heavy atom. The second-order valence-corrected chi connectivity index (χ2v) is 8.99. The Labute approximate surface area is 158 Å². The van der Waals surface area contributed by atoms with Crippen LogP contribution in [-0.2, 0) is 23.2 Å². The zero-order chi connectivity index (χ0) is 18.9. The predicted octanol–water partition coefficient (Wildman–Crippen LogP) is 1.89. The van der Waals surface area contributed by atoms with Gasteiger partial charge in [-0.25, -0.2) is 12.7 Å².